The molecule has 0 saturated carbocycles. The molecule has 2 heterocycles. The molecule has 0 amide bonds. The first kappa shape index (κ1) is 16.2. The minimum Gasteiger partial charge on any atom is -0.337 e. The molecular formula is C16H29N5. The van der Waals surface area contributed by atoms with Crippen molar-refractivity contribution in [3.05, 3.63) is 18.0 Å². The van der Waals surface area contributed by atoms with Crippen molar-refractivity contribution in [3.63, 3.8) is 0 Å². The van der Waals surface area contributed by atoms with Crippen molar-refractivity contribution in [2.75, 3.05) is 32.1 Å². The average Bonchev–Trinajstić information content (AvgIpc) is 2.83. The molecule has 1 fully saturated rings. The van der Waals surface area contributed by atoms with Gasteiger partial charge in [0.1, 0.15) is 0 Å². The molecule has 5 heteroatoms. The van der Waals surface area contributed by atoms with Crippen LogP contribution in [0.2, 0.25) is 0 Å². The van der Waals surface area contributed by atoms with Gasteiger partial charge in [-0.3, -0.25) is 0 Å². The molecule has 1 aromatic rings. The molecular weight excluding hydrogens is 262 g/mol. The van der Waals surface area contributed by atoms with E-state index in [4.69, 9.17) is 0 Å². The van der Waals surface area contributed by atoms with E-state index in [1.165, 1.54) is 12.8 Å². The van der Waals surface area contributed by atoms with Gasteiger partial charge in [-0.2, -0.15) is 0 Å². The molecule has 1 aliphatic heterocycles. The highest BCUT2D eigenvalue weighted by molar-refractivity contribution is 5.33. The monoisotopic (exact) mass is 291 g/mol. The summed E-state index contributed by atoms with van der Waals surface area (Å²) in [6.07, 6.45) is 6.36. The number of aromatic nitrogens is 2. The number of hydrogen-bond donors (Lipinski definition) is 1. The molecule has 0 spiro atoms. The summed E-state index contributed by atoms with van der Waals surface area (Å²) < 4.78 is 0. The molecule has 1 unspecified atom stereocenters. The van der Waals surface area contributed by atoms with Crippen molar-refractivity contribution >= 4 is 5.95 Å². The summed E-state index contributed by atoms with van der Waals surface area (Å²) in [5.74, 6) is 0.874. The summed E-state index contributed by atoms with van der Waals surface area (Å²) in [5, 5.41) is 3.46. The van der Waals surface area contributed by atoms with Crippen molar-refractivity contribution in [2.45, 2.75) is 51.7 Å². The van der Waals surface area contributed by atoms with E-state index in [0.717, 1.165) is 31.1 Å². The van der Waals surface area contributed by atoms with Gasteiger partial charge in [0.05, 0.1) is 0 Å². The molecule has 0 aliphatic carbocycles. The Hall–Kier alpha value is -1.20. The maximum Gasteiger partial charge on any atom is 0.225 e. The van der Waals surface area contributed by atoms with Crippen LogP contribution in [0.1, 0.15) is 39.2 Å². The second kappa shape index (κ2) is 6.71. The van der Waals surface area contributed by atoms with Gasteiger partial charge in [-0.15, -0.1) is 0 Å². The molecule has 118 valence electrons. The first-order chi connectivity index (χ1) is 9.85. The highest BCUT2D eigenvalue weighted by atomic mass is 15.3. The van der Waals surface area contributed by atoms with Crippen molar-refractivity contribution in [1.29, 1.82) is 0 Å². The summed E-state index contributed by atoms with van der Waals surface area (Å²) in [4.78, 5) is 13.7. The van der Waals surface area contributed by atoms with E-state index in [-0.39, 0.29) is 5.54 Å². The lowest BCUT2D eigenvalue weighted by Crippen LogP contribution is -2.38. The largest absolute Gasteiger partial charge is 0.337 e. The minimum atomic E-state index is 0.116. The van der Waals surface area contributed by atoms with E-state index < -0.39 is 0 Å². The number of anilines is 1. The molecule has 0 bridgehead atoms. The van der Waals surface area contributed by atoms with E-state index in [0.29, 0.717) is 6.04 Å². The summed E-state index contributed by atoms with van der Waals surface area (Å²) in [6.45, 7) is 9.44. The fourth-order valence-corrected chi connectivity index (χ4v) is 2.67. The lowest BCUT2D eigenvalue weighted by atomic mass is 10.1. The van der Waals surface area contributed by atoms with Gasteiger partial charge in [-0.05, 0) is 47.7 Å². The zero-order valence-electron chi connectivity index (χ0n) is 14.1. The summed E-state index contributed by atoms with van der Waals surface area (Å²) in [7, 11) is 4.25. The number of nitrogens with zero attached hydrogens (tertiary/aromatic N) is 4. The molecule has 1 N–H and O–H groups in total. The topological polar surface area (TPSA) is 44.3 Å². The second-order valence-corrected chi connectivity index (χ2v) is 7.25. The molecule has 0 radical (unpaired) electrons. The Morgan fingerprint density at radius 2 is 1.95 bits per heavy atom. The second-order valence-electron chi connectivity index (χ2n) is 7.25. The van der Waals surface area contributed by atoms with Crippen molar-refractivity contribution in [2.24, 2.45) is 0 Å². The molecule has 5 nitrogen and oxygen atoms in total. The van der Waals surface area contributed by atoms with Gasteiger partial charge in [-0.1, -0.05) is 0 Å². The minimum absolute atomic E-state index is 0.116. The zero-order chi connectivity index (χ0) is 15.5. The predicted molar refractivity (Wildman–Crippen MR) is 87.5 cm³/mol. The highest BCUT2D eigenvalue weighted by Gasteiger charge is 2.26. The third-order valence-electron chi connectivity index (χ3n) is 3.72. The Balaban J connectivity index is 1.98. The van der Waals surface area contributed by atoms with Gasteiger partial charge in [0.2, 0.25) is 5.95 Å². The third kappa shape index (κ3) is 4.93. The Labute approximate surface area is 128 Å². The van der Waals surface area contributed by atoms with Crippen LogP contribution in [0.25, 0.3) is 0 Å². The van der Waals surface area contributed by atoms with Crippen molar-refractivity contribution in [3.8, 4) is 0 Å². The van der Waals surface area contributed by atoms with Gasteiger partial charge in [0, 0.05) is 49.2 Å². The van der Waals surface area contributed by atoms with Crippen LogP contribution in [0.4, 0.5) is 5.95 Å². The average molecular weight is 291 g/mol. The Morgan fingerprint density at radius 1 is 1.29 bits per heavy atom. The molecule has 1 aromatic heterocycles. The fraction of sp³-hybridized carbons (Fsp3) is 0.750. The summed E-state index contributed by atoms with van der Waals surface area (Å²) in [6, 6.07) is 0.540. The maximum absolute atomic E-state index is 4.58. The zero-order valence-corrected chi connectivity index (χ0v) is 14.1. The smallest absolute Gasteiger partial charge is 0.225 e. The number of hydrogen-bond acceptors (Lipinski definition) is 5. The van der Waals surface area contributed by atoms with E-state index in [9.17, 15) is 0 Å². The van der Waals surface area contributed by atoms with Crippen molar-refractivity contribution in [1.82, 2.24) is 20.2 Å². The SMILES string of the molecule is CN(C)CC1CCCN1c1ncc(CNC(C)(C)C)cn1. The van der Waals surface area contributed by atoms with Crippen LogP contribution < -0.4 is 10.2 Å². The van der Waals surface area contributed by atoms with Crippen LogP contribution in [0.3, 0.4) is 0 Å². The lowest BCUT2D eigenvalue weighted by Gasteiger charge is -2.27. The quantitative estimate of drug-likeness (QED) is 0.897. The first-order valence-electron chi connectivity index (χ1n) is 7.82. The Kier molecular flexibility index (Phi) is 5.17. The molecule has 1 saturated heterocycles. The fourth-order valence-electron chi connectivity index (χ4n) is 2.67. The van der Waals surface area contributed by atoms with Crippen LogP contribution in [0.5, 0.6) is 0 Å². The van der Waals surface area contributed by atoms with Gasteiger partial charge >= 0.3 is 0 Å². The molecule has 1 atom stereocenters. The first-order valence-corrected chi connectivity index (χ1v) is 7.82. The normalized spacial score (nSPS) is 19.5. The van der Waals surface area contributed by atoms with Crippen LogP contribution in [0, 0.1) is 0 Å². The molecule has 21 heavy (non-hydrogen) atoms. The van der Waals surface area contributed by atoms with Gasteiger partial charge in [-0.25, -0.2) is 9.97 Å². The van der Waals surface area contributed by atoms with E-state index in [2.05, 4.69) is 60.0 Å². The standard InChI is InChI=1S/C16H29N5/c1-16(2,3)19-11-13-9-17-15(18-10-13)21-8-6-7-14(21)12-20(4)5/h9-10,14,19H,6-8,11-12H2,1-5H3. The maximum atomic E-state index is 4.58. The van der Waals surface area contributed by atoms with Crippen LogP contribution in [-0.2, 0) is 6.54 Å². The van der Waals surface area contributed by atoms with Crippen LogP contribution >= 0.6 is 0 Å². The number of rotatable bonds is 5. The lowest BCUT2D eigenvalue weighted by molar-refractivity contribution is 0.371. The number of likely N-dealkylation sites (N-methyl/N-ethyl adjacent to an activating group) is 1. The third-order valence-corrected chi connectivity index (χ3v) is 3.72. The van der Waals surface area contributed by atoms with Crippen LogP contribution in [0.15, 0.2) is 12.4 Å². The van der Waals surface area contributed by atoms with Gasteiger partial charge < -0.3 is 15.1 Å². The van der Waals surface area contributed by atoms with Crippen molar-refractivity contribution < 1.29 is 0 Å². The Morgan fingerprint density at radius 3 is 2.52 bits per heavy atom. The highest BCUT2D eigenvalue weighted by Crippen LogP contribution is 2.22. The number of nitrogens with one attached hydrogen (secondary N) is 1. The van der Waals surface area contributed by atoms with E-state index in [1.807, 2.05) is 12.4 Å². The molecule has 1 aliphatic rings. The summed E-state index contributed by atoms with van der Waals surface area (Å²) >= 11 is 0. The van der Waals surface area contributed by atoms with Crippen LogP contribution in [-0.4, -0.2) is 53.6 Å². The molecule has 2 rings (SSSR count). The predicted octanol–water partition coefficient (Wildman–Crippen LogP) is 1.90. The van der Waals surface area contributed by atoms with Gasteiger partial charge in [0.25, 0.3) is 0 Å². The van der Waals surface area contributed by atoms with Gasteiger partial charge in [0.15, 0.2) is 0 Å². The molecule has 0 aromatic carbocycles. The Bertz CT molecular complexity index is 435. The summed E-state index contributed by atoms with van der Waals surface area (Å²) in [5.41, 5.74) is 1.25. The van der Waals surface area contributed by atoms with E-state index in [1.54, 1.807) is 0 Å². The van der Waals surface area contributed by atoms with E-state index >= 15 is 0 Å².